The van der Waals surface area contributed by atoms with Gasteiger partial charge in [-0.2, -0.15) is 4.31 Å². The normalized spacial score (nSPS) is 29.3. The second-order valence-electron chi connectivity index (χ2n) is 7.47. The average Bonchev–Trinajstić information content (AvgIpc) is 3.25. The number of nitrogens with zero attached hydrogens (tertiary/aromatic N) is 3. The first-order valence-electron chi connectivity index (χ1n) is 9.09. The van der Waals surface area contributed by atoms with Crippen molar-refractivity contribution in [1.82, 2.24) is 9.21 Å². The van der Waals surface area contributed by atoms with Gasteiger partial charge in [-0.1, -0.05) is 24.3 Å². The Hall–Kier alpha value is -1.77. The standard InChI is InChI=1S/C18H23N3O4S/c22-21(23)17-3-1-2-4-18(17)26(24,25)20-9-7-19(8-10-20)13-16-12-14-5-6-15(16)11-14/h1-6,14-16H,7-13H2/t14-,15+,16+/m1/s1. The molecule has 7 nitrogen and oxygen atoms in total. The van der Waals surface area contributed by atoms with Gasteiger partial charge in [0.25, 0.3) is 5.69 Å². The molecular formula is C18H23N3O4S. The van der Waals surface area contributed by atoms with Gasteiger partial charge in [0, 0.05) is 38.8 Å². The van der Waals surface area contributed by atoms with Crippen LogP contribution < -0.4 is 0 Å². The van der Waals surface area contributed by atoms with Gasteiger partial charge in [0.1, 0.15) is 0 Å². The molecule has 1 heterocycles. The highest BCUT2D eigenvalue weighted by Crippen LogP contribution is 2.43. The third kappa shape index (κ3) is 3.17. The fraction of sp³-hybridized carbons (Fsp3) is 0.556. The Morgan fingerprint density at radius 3 is 2.42 bits per heavy atom. The Labute approximate surface area is 153 Å². The van der Waals surface area contributed by atoms with Crippen molar-refractivity contribution in [3.05, 3.63) is 46.5 Å². The first-order chi connectivity index (χ1) is 12.4. The molecule has 1 aliphatic heterocycles. The van der Waals surface area contributed by atoms with E-state index in [2.05, 4.69) is 17.1 Å². The molecule has 1 saturated carbocycles. The predicted octanol–water partition coefficient (Wildman–Crippen LogP) is 2.11. The van der Waals surface area contributed by atoms with Gasteiger partial charge in [0.05, 0.1) is 4.92 Å². The van der Waals surface area contributed by atoms with Crippen molar-refractivity contribution < 1.29 is 13.3 Å². The molecule has 2 bridgehead atoms. The number of nitro benzene ring substituents is 1. The summed E-state index contributed by atoms with van der Waals surface area (Å²) < 4.78 is 27.1. The van der Waals surface area contributed by atoms with E-state index in [-0.39, 0.29) is 10.6 Å². The molecule has 8 heteroatoms. The van der Waals surface area contributed by atoms with Crippen LogP contribution in [0.4, 0.5) is 5.69 Å². The Balaban J connectivity index is 1.41. The highest BCUT2D eigenvalue weighted by atomic mass is 32.2. The molecule has 2 aliphatic carbocycles. The molecule has 1 aromatic carbocycles. The third-order valence-corrected chi connectivity index (χ3v) is 7.87. The van der Waals surface area contributed by atoms with Crippen molar-refractivity contribution in [1.29, 1.82) is 0 Å². The van der Waals surface area contributed by atoms with Crippen molar-refractivity contribution in [2.24, 2.45) is 17.8 Å². The molecule has 140 valence electrons. The number of para-hydroxylation sites is 1. The van der Waals surface area contributed by atoms with E-state index < -0.39 is 14.9 Å². The van der Waals surface area contributed by atoms with Crippen LogP contribution >= 0.6 is 0 Å². The van der Waals surface area contributed by atoms with Crippen molar-refractivity contribution in [3.63, 3.8) is 0 Å². The molecule has 2 fully saturated rings. The maximum Gasteiger partial charge on any atom is 0.289 e. The second kappa shape index (κ2) is 6.75. The summed E-state index contributed by atoms with van der Waals surface area (Å²) in [7, 11) is -3.84. The molecule has 0 N–H and O–H groups in total. The molecule has 0 spiro atoms. The van der Waals surface area contributed by atoms with Gasteiger partial charge in [-0.25, -0.2) is 8.42 Å². The van der Waals surface area contributed by atoms with Crippen LogP contribution in [-0.4, -0.2) is 55.3 Å². The van der Waals surface area contributed by atoms with Crippen molar-refractivity contribution in [3.8, 4) is 0 Å². The highest BCUT2D eigenvalue weighted by Gasteiger charge is 2.38. The van der Waals surface area contributed by atoms with Gasteiger partial charge in [0.15, 0.2) is 4.90 Å². The second-order valence-corrected chi connectivity index (χ2v) is 9.38. The van der Waals surface area contributed by atoms with Crippen molar-refractivity contribution in [2.45, 2.75) is 17.7 Å². The van der Waals surface area contributed by atoms with Crippen molar-refractivity contribution in [2.75, 3.05) is 32.7 Å². The molecule has 0 aromatic heterocycles. The maximum absolute atomic E-state index is 12.9. The van der Waals surface area contributed by atoms with E-state index in [9.17, 15) is 18.5 Å². The van der Waals surface area contributed by atoms with E-state index in [0.717, 1.165) is 12.5 Å². The van der Waals surface area contributed by atoms with Gasteiger partial charge in [-0.05, 0) is 36.7 Å². The minimum atomic E-state index is -3.84. The SMILES string of the molecule is O=[N+]([O-])c1ccccc1S(=O)(=O)N1CCN(C[C@@H]2C[C@@H]3C=C[C@H]2C3)CC1. The molecule has 4 rings (SSSR count). The fourth-order valence-corrected chi connectivity index (χ4v) is 6.13. The summed E-state index contributed by atoms with van der Waals surface area (Å²) in [5.74, 6) is 2.11. The Kier molecular flexibility index (Phi) is 4.58. The monoisotopic (exact) mass is 377 g/mol. The van der Waals surface area contributed by atoms with Crippen LogP contribution in [0.1, 0.15) is 12.8 Å². The van der Waals surface area contributed by atoms with Crippen molar-refractivity contribution >= 4 is 15.7 Å². The number of nitro groups is 1. The van der Waals surface area contributed by atoms with E-state index in [1.807, 2.05) is 0 Å². The number of rotatable bonds is 5. The Morgan fingerprint density at radius 1 is 1.08 bits per heavy atom. The largest absolute Gasteiger partial charge is 0.300 e. The summed E-state index contributed by atoms with van der Waals surface area (Å²) in [6.07, 6.45) is 7.19. The number of sulfonamides is 1. The molecule has 3 aliphatic rings. The molecule has 0 radical (unpaired) electrons. The number of hydrogen-bond donors (Lipinski definition) is 0. The molecule has 1 aromatic rings. The number of allylic oxidation sites excluding steroid dienone is 2. The summed E-state index contributed by atoms with van der Waals surface area (Å²) >= 11 is 0. The fourth-order valence-electron chi connectivity index (χ4n) is 4.55. The van der Waals surface area contributed by atoms with Crippen LogP contribution in [0.15, 0.2) is 41.3 Å². The first kappa shape index (κ1) is 17.6. The lowest BCUT2D eigenvalue weighted by molar-refractivity contribution is -0.387. The van der Waals surface area contributed by atoms with E-state index in [1.165, 1.54) is 41.4 Å². The van der Waals surface area contributed by atoms with E-state index in [0.29, 0.717) is 38.0 Å². The van der Waals surface area contributed by atoms with E-state index >= 15 is 0 Å². The zero-order chi connectivity index (χ0) is 18.3. The Morgan fingerprint density at radius 2 is 1.81 bits per heavy atom. The van der Waals surface area contributed by atoms with Crippen LogP contribution in [0, 0.1) is 27.9 Å². The third-order valence-electron chi connectivity index (χ3n) is 5.92. The van der Waals surface area contributed by atoms with Gasteiger partial charge in [0.2, 0.25) is 10.0 Å². The summed E-state index contributed by atoms with van der Waals surface area (Å²) in [5.41, 5.74) is -0.358. The van der Waals surface area contributed by atoms with E-state index in [4.69, 9.17) is 0 Å². The van der Waals surface area contributed by atoms with Gasteiger partial charge >= 0.3 is 0 Å². The van der Waals surface area contributed by atoms with Crippen LogP contribution in [0.2, 0.25) is 0 Å². The molecule has 26 heavy (non-hydrogen) atoms. The molecule has 1 saturated heterocycles. The average molecular weight is 377 g/mol. The lowest BCUT2D eigenvalue weighted by atomic mass is 9.93. The van der Waals surface area contributed by atoms with Crippen LogP contribution in [0.3, 0.4) is 0 Å². The van der Waals surface area contributed by atoms with Gasteiger partial charge in [-0.15, -0.1) is 0 Å². The summed E-state index contributed by atoms with van der Waals surface area (Å²) in [5, 5.41) is 11.2. The van der Waals surface area contributed by atoms with Gasteiger partial charge in [-0.3, -0.25) is 10.1 Å². The quantitative estimate of drug-likeness (QED) is 0.446. The lowest BCUT2D eigenvalue weighted by Gasteiger charge is -2.36. The summed E-state index contributed by atoms with van der Waals surface area (Å²) in [4.78, 5) is 12.7. The van der Waals surface area contributed by atoms with Crippen LogP contribution in [0.5, 0.6) is 0 Å². The smallest absolute Gasteiger partial charge is 0.289 e. The zero-order valence-electron chi connectivity index (χ0n) is 14.5. The van der Waals surface area contributed by atoms with Crippen LogP contribution in [0.25, 0.3) is 0 Å². The van der Waals surface area contributed by atoms with Gasteiger partial charge < -0.3 is 4.90 Å². The Bertz CT molecular complexity index is 831. The number of hydrogen-bond acceptors (Lipinski definition) is 5. The minimum absolute atomic E-state index is 0.211. The summed E-state index contributed by atoms with van der Waals surface area (Å²) in [6, 6.07) is 5.57. The number of piperazine rings is 1. The lowest BCUT2D eigenvalue weighted by Crippen LogP contribution is -2.50. The maximum atomic E-state index is 12.9. The predicted molar refractivity (Wildman–Crippen MR) is 97.1 cm³/mol. The topological polar surface area (TPSA) is 83.8 Å². The molecular weight excluding hydrogens is 354 g/mol. The van der Waals surface area contributed by atoms with Crippen LogP contribution in [-0.2, 0) is 10.0 Å². The highest BCUT2D eigenvalue weighted by molar-refractivity contribution is 7.89. The minimum Gasteiger partial charge on any atom is -0.300 e. The molecule has 3 atom stereocenters. The number of benzene rings is 1. The first-order valence-corrected chi connectivity index (χ1v) is 10.5. The zero-order valence-corrected chi connectivity index (χ0v) is 15.3. The molecule has 0 amide bonds. The number of fused-ring (bicyclic) bond motifs is 2. The molecule has 0 unspecified atom stereocenters. The van der Waals surface area contributed by atoms with E-state index in [1.54, 1.807) is 0 Å². The summed E-state index contributed by atoms with van der Waals surface area (Å²) in [6.45, 7) is 3.13.